The summed E-state index contributed by atoms with van der Waals surface area (Å²) in [5, 5.41) is 3.34. The van der Waals surface area contributed by atoms with Gasteiger partial charge in [0.1, 0.15) is 5.54 Å². The van der Waals surface area contributed by atoms with Gasteiger partial charge in [-0.05, 0) is 81.4 Å². The molecule has 3 unspecified atom stereocenters. The van der Waals surface area contributed by atoms with Crippen molar-refractivity contribution in [3.05, 3.63) is 24.3 Å². The molecule has 146 valence electrons. The van der Waals surface area contributed by atoms with Gasteiger partial charge < -0.3 is 11.1 Å². The molecular formula is C21H35N3OS. The molecule has 0 spiro atoms. The number of nitrogens with two attached hydrogens (primary N) is 1. The number of hydrogen-bond acceptors (Lipinski definition) is 4. The largest absolute Gasteiger partial charge is 0.398 e. The van der Waals surface area contributed by atoms with Gasteiger partial charge in [-0.1, -0.05) is 32.9 Å². The average molecular weight is 378 g/mol. The van der Waals surface area contributed by atoms with Crippen LogP contribution in [0.25, 0.3) is 0 Å². The Morgan fingerprint density at radius 1 is 1.31 bits per heavy atom. The van der Waals surface area contributed by atoms with Crippen LogP contribution in [-0.4, -0.2) is 17.5 Å². The summed E-state index contributed by atoms with van der Waals surface area (Å²) in [5.74, 6) is 2.06. The number of carbonyl (C=O) groups excluding carboxylic acids is 1. The van der Waals surface area contributed by atoms with Crippen LogP contribution in [0.3, 0.4) is 0 Å². The maximum absolute atomic E-state index is 12.9. The highest BCUT2D eigenvalue weighted by Gasteiger charge is 2.34. The molecule has 2 rings (SSSR count). The second kappa shape index (κ2) is 9.14. The summed E-state index contributed by atoms with van der Waals surface area (Å²) in [7, 11) is 0. The van der Waals surface area contributed by atoms with Crippen molar-refractivity contribution in [3.8, 4) is 0 Å². The third-order valence-electron chi connectivity index (χ3n) is 5.24. The van der Waals surface area contributed by atoms with Crippen LogP contribution in [0.15, 0.2) is 29.2 Å². The van der Waals surface area contributed by atoms with Gasteiger partial charge in [-0.3, -0.25) is 4.79 Å². The first kappa shape index (κ1) is 21.1. The van der Waals surface area contributed by atoms with E-state index in [4.69, 9.17) is 5.73 Å². The van der Waals surface area contributed by atoms with E-state index in [0.29, 0.717) is 11.8 Å². The monoisotopic (exact) mass is 377 g/mol. The van der Waals surface area contributed by atoms with E-state index in [1.54, 1.807) is 0 Å². The highest BCUT2D eigenvalue weighted by Crippen LogP contribution is 2.33. The van der Waals surface area contributed by atoms with Gasteiger partial charge in [0.2, 0.25) is 5.91 Å². The summed E-state index contributed by atoms with van der Waals surface area (Å²) in [6.45, 7) is 10.7. The van der Waals surface area contributed by atoms with Crippen LogP contribution in [0.1, 0.15) is 60.3 Å². The van der Waals surface area contributed by atoms with E-state index in [9.17, 15) is 4.79 Å². The second-order valence-corrected chi connectivity index (χ2v) is 9.60. The molecule has 4 N–H and O–H groups in total. The summed E-state index contributed by atoms with van der Waals surface area (Å²) in [6.07, 6.45) is 4.67. The molecule has 0 bridgehead atoms. The summed E-state index contributed by atoms with van der Waals surface area (Å²) < 4.78 is 3.29. The Morgan fingerprint density at radius 3 is 2.65 bits per heavy atom. The molecule has 26 heavy (non-hydrogen) atoms. The fourth-order valence-electron chi connectivity index (χ4n) is 3.71. The van der Waals surface area contributed by atoms with Crippen molar-refractivity contribution < 1.29 is 4.79 Å². The van der Waals surface area contributed by atoms with Crippen molar-refractivity contribution >= 4 is 23.5 Å². The van der Waals surface area contributed by atoms with Crippen molar-refractivity contribution in [1.29, 1.82) is 0 Å². The molecule has 1 aliphatic carbocycles. The standard InChI is InChI=1S/C21H35N3OS/c1-14(2)12-16-13-15(3)10-11-18(16)23-20(25)21(4,5)24-26-19-9-7-6-8-17(19)22/h6-9,14-16,18,24H,10-13,22H2,1-5H3,(H,23,25). The third kappa shape index (κ3) is 5.92. The number of anilines is 1. The quantitative estimate of drug-likeness (QED) is 0.479. The highest BCUT2D eigenvalue weighted by atomic mass is 32.2. The minimum atomic E-state index is -0.668. The molecule has 3 atom stereocenters. The molecule has 1 aromatic carbocycles. The Bertz CT molecular complexity index is 601. The molecule has 0 aliphatic heterocycles. The van der Waals surface area contributed by atoms with Crippen LogP contribution in [0, 0.1) is 17.8 Å². The first-order valence-electron chi connectivity index (χ1n) is 9.78. The smallest absolute Gasteiger partial charge is 0.240 e. The summed E-state index contributed by atoms with van der Waals surface area (Å²) in [6, 6.07) is 7.98. The van der Waals surface area contributed by atoms with Crippen molar-refractivity contribution in [2.75, 3.05) is 5.73 Å². The Hall–Kier alpha value is -1.20. The van der Waals surface area contributed by atoms with Crippen LogP contribution in [-0.2, 0) is 4.79 Å². The van der Waals surface area contributed by atoms with E-state index in [2.05, 4.69) is 30.8 Å². The Balaban J connectivity index is 1.96. The first-order chi connectivity index (χ1) is 12.2. The van der Waals surface area contributed by atoms with E-state index in [-0.39, 0.29) is 11.9 Å². The van der Waals surface area contributed by atoms with Gasteiger partial charge in [-0.15, -0.1) is 0 Å². The lowest BCUT2D eigenvalue weighted by atomic mass is 9.75. The zero-order valence-corrected chi connectivity index (χ0v) is 17.7. The topological polar surface area (TPSA) is 67.2 Å². The molecule has 4 nitrogen and oxygen atoms in total. The van der Waals surface area contributed by atoms with Crippen LogP contribution < -0.4 is 15.8 Å². The lowest BCUT2D eigenvalue weighted by Crippen LogP contribution is -2.55. The number of para-hydroxylation sites is 1. The van der Waals surface area contributed by atoms with Gasteiger partial charge in [0, 0.05) is 16.6 Å². The summed E-state index contributed by atoms with van der Waals surface area (Å²) in [4.78, 5) is 13.9. The van der Waals surface area contributed by atoms with Gasteiger partial charge >= 0.3 is 0 Å². The van der Waals surface area contributed by atoms with Crippen molar-refractivity contribution in [2.45, 2.75) is 76.8 Å². The van der Waals surface area contributed by atoms with E-state index >= 15 is 0 Å². The van der Waals surface area contributed by atoms with Crippen molar-refractivity contribution in [2.24, 2.45) is 17.8 Å². The molecule has 1 amide bonds. The molecule has 1 aliphatic rings. The van der Waals surface area contributed by atoms with Crippen LogP contribution in [0.2, 0.25) is 0 Å². The molecule has 1 aromatic rings. The van der Waals surface area contributed by atoms with Gasteiger partial charge in [0.25, 0.3) is 0 Å². The fourth-order valence-corrected chi connectivity index (χ4v) is 4.50. The molecule has 0 heterocycles. The Kier molecular flexibility index (Phi) is 7.42. The van der Waals surface area contributed by atoms with Gasteiger partial charge in [0.15, 0.2) is 0 Å². The van der Waals surface area contributed by atoms with Crippen molar-refractivity contribution in [3.63, 3.8) is 0 Å². The minimum absolute atomic E-state index is 0.0628. The highest BCUT2D eigenvalue weighted by molar-refractivity contribution is 7.97. The molecular weight excluding hydrogens is 342 g/mol. The number of benzene rings is 1. The maximum atomic E-state index is 12.9. The number of nitrogens with one attached hydrogen (secondary N) is 2. The minimum Gasteiger partial charge on any atom is -0.398 e. The zero-order chi connectivity index (χ0) is 19.3. The van der Waals surface area contributed by atoms with Gasteiger partial charge in [0.05, 0.1) is 0 Å². The van der Waals surface area contributed by atoms with Crippen LogP contribution in [0.5, 0.6) is 0 Å². The normalized spacial score (nSPS) is 23.8. The SMILES string of the molecule is CC(C)CC1CC(C)CCC1NC(=O)C(C)(C)NSc1ccccc1N. The molecule has 1 fully saturated rings. The predicted molar refractivity (Wildman–Crippen MR) is 112 cm³/mol. The Labute approximate surface area is 163 Å². The maximum Gasteiger partial charge on any atom is 0.240 e. The summed E-state index contributed by atoms with van der Waals surface area (Å²) >= 11 is 1.42. The lowest BCUT2D eigenvalue weighted by Gasteiger charge is -2.38. The van der Waals surface area contributed by atoms with Crippen molar-refractivity contribution in [1.82, 2.24) is 10.0 Å². The second-order valence-electron chi connectivity index (χ2n) is 8.75. The van der Waals surface area contributed by atoms with Crippen LogP contribution in [0.4, 0.5) is 5.69 Å². The predicted octanol–water partition coefficient (Wildman–Crippen LogP) is 4.61. The van der Waals surface area contributed by atoms with Gasteiger partial charge in [-0.2, -0.15) is 0 Å². The van der Waals surface area contributed by atoms with Crippen LogP contribution >= 0.6 is 11.9 Å². The molecule has 1 saturated carbocycles. The molecule has 5 heteroatoms. The molecule has 0 aromatic heterocycles. The molecule has 0 radical (unpaired) electrons. The average Bonchev–Trinajstić information content (AvgIpc) is 2.56. The third-order valence-corrected chi connectivity index (χ3v) is 6.44. The number of rotatable bonds is 7. The van der Waals surface area contributed by atoms with Gasteiger partial charge in [-0.25, -0.2) is 4.72 Å². The first-order valence-corrected chi connectivity index (χ1v) is 10.6. The number of hydrogen-bond donors (Lipinski definition) is 3. The zero-order valence-electron chi connectivity index (χ0n) is 16.8. The summed E-state index contributed by atoms with van der Waals surface area (Å²) in [5.41, 5.74) is 6.05. The lowest BCUT2D eigenvalue weighted by molar-refractivity contribution is -0.127. The number of amides is 1. The Morgan fingerprint density at radius 2 is 2.00 bits per heavy atom. The number of nitrogen functional groups attached to an aromatic ring is 1. The van der Waals surface area contributed by atoms with E-state index in [1.165, 1.54) is 31.2 Å². The van der Waals surface area contributed by atoms with E-state index in [1.807, 2.05) is 38.1 Å². The van der Waals surface area contributed by atoms with E-state index < -0.39 is 5.54 Å². The molecule has 0 saturated heterocycles. The number of carbonyl (C=O) groups is 1. The van der Waals surface area contributed by atoms with E-state index in [0.717, 1.165) is 22.9 Å². The fraction of sp³-hybridized carbons (Fsp3) is 0.667.